The maximum absolute atomic E-state index is 9.71. The van der Waals surface area contributed by atoms with Gasteiger partial charge in [0.2, 0.25) is 0 Å². The Hall–Kier alpha value is -0.120. The van der Waals surface area contributed by atoms with Crippen LogP contribution in [-0.4, -0.2) is 34.5 Å². The van der Waals surface area contributed by atoms with Gasteiger partial charge in [0.05, 0.1) is 13.2 Å². The summed E-state index contributed by atoms with van der Waals surface area (Å²) in [5.74, 6) is 0. The topological polar surface area (TPSA) is 32.7 Å². The van der Waals surface area contributed by atoms with Crippen molar-refractivity contribution in [1.82, 2.24) is 5.06 Å². The maximum Gasteiger partial charge on any atom is 0.0576 e. The van der Waals surface area contributed by atoms with Gasteiger partial charge in [-0.25, -0.2) is 0 Å². The Kier molecular flexibility index (Phi) is 5.24. The number of hydroxylamine groups is 2. The van der Waals surface area contributed by atoms with Crippen LogP contribution in [0.5, 0.6) is 0 Å². The molecule has 15 heavy (non-hydrogen) atoms. The van der Waals surface area contributed by atoms with Crippen molar-refractivity contribution >= 4 is 0 Å². The Labute approximate surface area is 94.4 Å². The molecule has 0 radical (unpaired) electrons. The molecule has 0 atom stereocenters. The van der Waals surface area contributed by atoms with E-state index in [9.17, 15) is 5.11 Å². The summed E-state index contributed by atoms with van der Waals surface area (Å²) in [7, 11) is 1.70. The summed E-state index contributed by atoms with van der Waals surface area (Å²) in [5, 5.41) is 11.7. The van der Waals surface area contributed by atoms with Crippen LogP contribution in [0, 0.1) is 0 Å². The smallest absolute Gasteiger partial charge is 0.0576 e. The molecule has 1 fully saturated rings. The second kappa shape index (κ2) is 5.28. The van der Waals surface area contributed by atoms with Crippen molar-refractivity contribution in [2.75, 3.05) is 7.11 Å². The van der Waals surface area contributed by atoms with Crippen LogP contribution in [0.1, 0.15) is 54.4 Å². The molecule has 1 heterocycles. The highest BCUT2D eigenvalue weighted by molar-refractivity contribution is 4.96. The number of hydrogen-bond acceptors (Lipinski definition) is 3. The van der Waals surface area contributed by atoms with Crippen LogP contribution in [0.3, 0.4) is 0 Å². The number of piperidine rings is 1. The van der Waals surface area contributed by atoms with E-state index in [4.69, 9.17) is 4.84 Å². The third-order valence-corrected chi connectivity index (χ3v) is 2.75. The van der Waals surface area contributed by atoms with Gasteiger partial charge in [0.1, 0.15) is 0 Å². The van der Waals surface area contributed by atoms with Crippen LogP contribution >= 0.6 is 0 Å². The zero-order valence-corrected chi connectivity index (χ0v) is 11.3. The lowest BCUT2D eigenvalue weighted by Gasteiger charge is -2.52. The molecule has 92 valence electrons. The number of aliphatic hydroxyl groups is 1. The summed E-state index contributed by atoms with van der Waals surface area (Å²) in [4.78, 5) is 5.39. The van der Waals surface area contributed by atoms with E-state index < -0.39 is 0 Å². The van der Waals surface area contributed by atoms with E-state index >= 15 is 0 Å². The van der Waals surface area contributed by atoms with E-state index in [2.05, 4.69) is 27.7 Å². The fraction of sp³-hybridized carbons (Fsp3) is 1.00. The molecule has 0 spiro atoms. The Bertz CT molecular complexity index is 172. The molecule has 1 rings (SSSR count). The summed E-state index contributed by atoms with van der Waals surface area (Å²) < 4.78 is 0. The van der Waals surface area contributed by atoms with E-state index in [1.165, 1.54) is 0 Å². The molecular formula is C12H27NO2. The van der Waals surface area contributed by atoms with Crippen molar-refractivity contribution in [3.05, 3.63) is 0 Å². The van der Waals surface area contributed by atoms with Crippen molar-refractivity contribution in [3.63, 3.8) is 0 Å². The molecule has 3 nitrogen and oxygen atoms in total. The average Bonchev–Trinajstić information content (AvgIpc) is 2.02. The summed E-state index contributed by atoms with van der Waals surface area (Å²) in [6, 6.07) is 0. The Morgan fingerprint density at radius 1 is 1.07 bits per heavy atom. The van der Waals surface area contributed by atoms with Gasteiger partial charge in [0.25, 0.3) is 0 Å². The van der Waals surface area contributed by atoms with Gasteiger partial charge in [-0.1, -0.05) is 13.8 Å². The molecule has 1 aliphatic rings. The fourth-order valence-corrected chi connectivity index (χ4v) is 2.70. The van der Waals surface area contributed by atoms with E-state index in [-0.39, 0.29) is 17.2 Å². The maximum atomic E-state index is 9.71. The molecule has 0 amide bonds. The summed E-state index contributed by atoms with van der Waals surface area (Å²) in [6.07, 6.45) is 1.32. The lowest BCUT2D eigenvalue weighted by Crippen LogP contribution is -2.61. The van der Waals surface area contributed by atoms with Crippen LogP contribution in [0.4, 0.5) is 0 Å². The quantitative estimate of drug-likeness (QED) is 0.733. The first kappa shape index (κ1) is 14.9. The lowest BCUT2D eigenvalue weighted by molar-refractivity contribution is -0.276. The average molecular weight is 217 g/mol. The zero-order valence-electron chi connectivity index (χ0n) is 11.3. The van der Waals surface area contributed by atoms with E-state index in [1.807, 2.05) is 18.9 Å². The summed E-state index contributed by atoms with van der Waals surface area (Å²) in [5.41, 5.74) is -0.175. The van der Waals surface area contributed by atoms with Crippen LogP contribution in [-0.2, 0) is 4.84 Å². The Morgan fingerprint density at radius 3 is 1.67 bits per heavy atom. The van der Waals surface area contributed by atoms with Crippen LogP contribution < -0.4 is 0 Å². The van der Waals surface area contributed by atoms with Crippen LogP contribution in [0.2, 0.25) is 0 Å². The van der Waals surface area contributed by atoms with Gasteiger partial charge < -0.3 is 9.94 Å². The molecule has 0 saturated carbocycles. The molecule has 0 aromatic rings. The van der Waals surface area contributed by atoms with Crippen molar-refractivity contribution in [1.29, 1.82) is 0 Å². The standard InChI is InChI=1S/C10H21NO2.C2H6/c1-9(2)6-8(12)7-10(3,4)11(9)13-5;1-2/h8,12H,6-7H2,1-5H3;1-2H3. The minimum absolute atomic E-state index is 0.0874. The van der Waals surface area contributed by atoms with Crippen molar-refractivity contribution in [2.24, 2.45) is 0 Å². The number of aliphatic hydroxyl groups excluding tert-OH is 1. The van der Waals surface area contributed by atoms with E-state index in [0.29, 0.717) is 0 Å². The van der Waals surface area contributed by atoms with Crippen LogP contribution in [0.25, 0.3) is 0 Å². The number of rotatable bonds is 1. The second-order valence-electron chi connectivity index (χ2n) is 5.16. The summed E-state index contributed by atoms with van der Waals surface area (Å²) >= 11 is 0. The van der Waals surface area contributed by atoms with E-state index in [1.54, 1.807) is 7.11 Å². The molecule has 0 unspecified atom stereocenters. The van der Waals surface area contributed by atoms with Gasteiger partial charge in [0, 0.05) is 11.1 Å². The SMILES string of the molecule is CC.CON1C(C)(C)CC(O)CC1(C)C. The van der Waals surface area contributed by atoms with Gasteiger partial charge in [-0.2, -0.15) is 5.06 Å². The number of nitrogens with zero attached hydrogens (tertiary/aromatic N) is 1. The highest BCUT2D eigenvalue weighted by Crippen LogP contribution is 2.37. The Morgan fingerprint density at radius 2 is 1.40 bits per heavy atom. The largest absolute Gasteiger partial charge is 0.393 e. The van der Waals surface area contributed by atoms with Gasteiger partial charge in [0.15, 0.2) is 0 Å². The number of hydrogen-bond donors (Lipinski definition) is 1. The second-order valence-corrected chi connectivity index (χ2v) is 5.16. The minimum Gasteiger partial charge on any atom is -0.393 e. The third kappa shape index (κ3) is 3.44. The van der Waals surface area contributed by atoms with Crippen molar-refractivity contribution in [3.8, 4) is 0 Å². The lowest BCUT2D eigenvalue weighted by atomic mass is 9.80. The van der Waals surface area contributed by atoms with Crippen molar-refractivity contribution in [2.45, 2.75) is 71.6 Å². The molecule has 3 heteroatoms. The van der Waals surface area contributed by atoms with Crippen molar-refractivity contribution < 1.29 is 9.94 Å². The third-order valence-electron chi connectivity index (χ3n) is 2.75. The first-order valence-corrected chi connectivity index (χ1v) is 5.82. The molecule has 1 aliphatic heterocycles. The fourth-order valence-electron chi connectivity index (χ4n) is 2.70. The molecule has 1 saturated heterocycles. The Balaban J connectivity index is 0.000000921. The summed E-state index contributed by atoms with van der Waals surface area (Å²) in [6.45, 7) is 12.4. The molecular weight excluding hydrogens is 190 g/mol. The van der Waals surface area contributed by atoms with Crippen LogP contribution in [0.15, 0.2) is 0 Å². The van der Waals surface area contributed by atoms with Gasteiger partial charge >= 0.3 is 0 Å². The predicted molar refractivity (Wildman–Crippen MR) is 63.6 cm³/mol. The molecule has 0 aromatic heterocycles. The zero-order chi connectivity index (χ0) is 12.3. The highest BCUT2D eigenvalue weighted by atomic mass is 16.7. The minimum atomic E-state index is -0.212. The first-order chi connectivity index (χ1) is 6.79. The molecule has 0 aliphatic carbocycles. The van der Waals surface area contributed by atoms with E-state index in [0.717, 1.165) is 12.8 Å². The molecule has 1 N–H and O–H groups in total. The highest BCUT2D eigenvalue weighted by Gasteiger charge is 2.45. The molecule has 0 aromatic carbocycles. The molecule has 0 bridgehead atoms. The predicted octanol–water partition coefficient (Wildman–Crippen LogP) is 2.59. The monoisotopic (exact) mass is 217 g/mol. The first-order valence-electron chi connectivity index (χ1n) is 5.82. The normalized spacial score (nSPS) is 25.6. The van der Waals surface area contributed by atoms with Gasteiger partial charge in [-0.15, -0.1) is 0 Å². The van der Waals surface area contributed by atoms with Gasteiger partial charge in [-0.3, -0.25) is 0 Å². The van der Waals surface area contributed by atoms with Gasteiger partial charge in [-0.05, 0) is 40.5 Å².